The lowest BCUT2D eigenvalue weighted by atomic mass is 10.0. The molecule has 32 heavy (non-hydrogen) atoms. The Labute approximate surface area is 186 Å². The van der Waals surface area contributed by atoms with Crippen LogP contribution in [-0.2, 0) is 6.42 Å². The van der Waals surface area contributed by atoms with Crippen LogP contribution in [0.25, 0.3) is 22.2 Å². The first-order chi connectivity index (χ1) is 15.7. The van der Waals surface area contributed by atoms with Crippen molar-refractivity contribution in [2.75, 3.05) is 38.1 Å². The van der Waals surface area contributed by atoms with Gasteiger partial charge in [0.1, 0.15) is 5.82 Å². The normalized spacial score (nSPS) is 14.6. The molecule has 0 bridgehead atoms. The second kappa shape index (κ2) is 8.80. The summed E-state index contributed by atoms with van der Waals surface area (Å²) in [6, 6.07) is 17.4. The number of carbonyl (C=O) groups is 1. The maximum atomic E-state index is 13.0. The summed E-state index contributed by atoms with van der Waals surface area (Å²) in [4.78, 5) is 26.4. The molecule has 0 aliphatic carbocycles. The molecule has 3 aromatic heterocycles. The van der Waals surface area contributed by atoms with Gasteiger partial charge in [-0.25, -0.2) is 4.98 Å². The summed E-state index contributed by atoms with van der Waals surface area (Å²) in [7, 11) is 2.12. The van der Waals surface area contributed by atoms with E-state index in [0.29, 0.717) is 11.3 Å². The zero-order valence-corrected chi connectivity index (χ0v) is 18.0. The van der Waals surface area contributed by atoms with E-state index in [9.17, 15) is 4.79 Å². The van der Waals surface area contributed by atoms with Crippen LogP contribution in [0, 0.1) is 0 Å². The van der Waals surface area contributed by atoms with Crippen molar-refractivity contribution in [1.82, 2.24) is 25.1 Å². The smallest absolute Gasteiger partial charge is 0.169 e. The maximum absolute atomic E-state index is 13.0. The molecule has 0 radical (unpaired) electrons. The lowest BCUT2D eigenvalue weighted by Gasteiger charge is -2.33. The summed E-state index contributed by atoms with van der Waals surface area (Å²) in [5.74, 6) is 0.867. The number of ketones is 1. The minimum Gasteiger partial charge on any atom is -0.354 e. The summed E-state index contributed by atoms with van der Waals surface area (Å²) in [5, 5.41) is 9.53. The van der Waals surface area contributed by atoms with Gasteiger partial charge in [-0.3, -0.25) is 9.78 Å². The van der Waals surface area contributed by atoms with Crippen LogP contribution in [0.4, 0.5) is 5.82 Å². The Morgan fingerprint density at radius 2 is 1.78 bits per heavy atom. The second-order valence-corrected chi connectivity index (χ2v) is 8.12. The highest BCUT2D eigenvalue weighted by atomic mass is 16.1. The monoisotopic (exact) mass is 424 g/mol. The molecule has 0 spiro atoms. The molecule has 4 aromatic rings. The number of aromatic nitrogens is 4. The quantitative estimate of drug-likeness (QED) is 0.455. The number of Topliss-reactive ketones (excluding diaryl/α,β-unsaturated/α-hetero) is 1. The fraction of sp³-hybridized carbons (Fsp3) is 0.240. The van der Waals surface area contributed by atoms with Crippen LogP contribution in [0.2, 0.25) is 0 Å². The van der Waals surface area contributed by atoms with Crippen LogP contribution in [0.3, 0.4) is 0 Å². The number of anilines is 1. The lowest BCUT2D eigenvalue weighted by Crippen LogP contribution is -2.44. The molecule has 1 saturated heterocycles. The third kappa shape index (κ3) is 4.33. The second-order valence-electron chi connectivity index (χ2n) is 8.12. The van der Waals surface area contributed by atoms with Crippen LogP contribution in [-0.4, -0.2) is 64.1 Å². The predicted octanol–water partition coefficient (Wildman–Crippen LogP) is 3.26. The average molecular weight is 425 g/mol. The molecule has 0 atom stereocenters. The number of piperazine rings is 1. The van der Waals surface area contributed by atoms with E-state index in [1.54, 1.807) is 18.5 Å². The highest BCUT2D eigenvalue weighted by Gasteiger charge is 2.17. The number of nitrogens with zero attached hydrogens (tertiary/aromatic N) is 6. The number of pyridine rings is 2. The van der Waals surface area contributed by atoms with E-state index in [-0.39, 0.29) is 12.2 Å². The zero-order valence-electron chi connectivity index (χ0n) is 18.0. The number of carbonyl (C=O) groups excluding carboxylic acids is 1. The van der Waals surface area contributed by atoms with Crippen molar-refractivity contribution in [2.24, 2.45) is 0 Å². The van der Waals surface area contributed by atoms with E-state index in [1.807, 2.05) is 48.5 Å². The number of benzene rings is 1. The van der Waals surface area contributed by atoms with Crippen molar-refractivity contribution in [3.05, 3.63) is 78.2 Å². The van der Waals surface area contributed by atoms with E-state index >= 15 is 0 Å². The van der Waals surface area contributed by atoms with Gasteiger partial charge in [-0.05, 0) is 49.5 Å². The van der Waals surface area contributed by atoms with Crippen molar-refractivity contribution in [1.29, 1.82) is 0 Å². The van der Waals surface area contributed by atoms with Gasteiger partial charge in [-0.1, -0.05) is 12.1 Å². The Bertz CT molecular complexity index is 1250. The Kier molecular flexibility index (Phi) is 5.56. The fourth-order valence-corrected chi connectivity index (χ4v) is 3.93. The molecule has 0 unspecified atom stereocenters. The first-order valence-electron chi connectivity index (χ1n) is 10.8. The van der Waals surface area contributed by atoms with Gasteiger partial charge in [0.15, 0.2) is 5.78 Å². The van der Waals surface area contributed by atoms with Crippen LogP contribution >= 0.6 is 0 Å². The van der Waals surface area contributed by atoms with Crippen molar-refractivity contribution in [2.45, 2.75) is 6.42 Å². The Morgan fingerprint density at radius 1 is 0.906 bits per heavy atom. The molecule has 7 nitrogen and oxygen atoms in total. The van der Waals surface area contributed by atoms with Crippen LogP contribution in [0.5, 0.6) is 0 Å². The summed E-state index contributed by atoms with van der Waals surface area (Å²) in [6.07, 6.45) is 3.69. The van der Waals surface area contributed by atoms with E-state index in [0.717, 1.165) is 54.2 Å². The van der Waals surface area contributed by atoms with Crippen molar-refractivity contribution in [3.63, 3.8) is 0 Å². The molecule has 5 rings (SSSR count). The summed E-state index contributed by atoms with van der Waals surface area (Å²) < 4.78 is 0. The predicted molar refractivity (Wildman–Crippen MR) is 125 cm³/mol. The molecule has 160 valence electrons. The van der Waals surface area contributed by atoms with Gasteiger partial charge >= 0.3 is 0 Å². The van der Waals surface area contributed by atoms with E-state index in [1.165, 1.54) is 0 Å². The number of hydrogen-bond acceptors (Lipinski definition) is 7. The first-order valence-corrected chi connectivity index (χ1v) is 10.8. The molecule has 4 heterocycles. The van der Waals surface area contributed by atoms with Gasteiger partial charge < -0.3 is 9.80 Å². The lowest BCUT2D eigenvalue weighted by molar-refractivity contribution is 0.0991. The van der Waals surface area contributed by atoms with E-state index in [2.05, 4.69) is 37.0 Å². The molecule has 0 amide bonds. The van der Waals surface area contributed by atoms with Crippen LogP contribution in [0.15, 0.2) is 67.0 Å². The third-order valence-electron chi connectivity index (χ3n) is 5.83. The Morgan fingerprint density at radius 3 is 2.59 bits per heavy atom. The Balaban J connectivity index is 1.36. The molecule has 1 aromatic carbocycles. The standard InChI is InChI=1S/C25H24N6O/c1-30-10-12-31(13-11-30)25-16-19(7-9-27-25)24(32)17-21-15-20-14-18(5-6-23(20)29-28-21)22-4-2-3-8-26-22/h2-9,14-16H,10-13,17H2,1H3. The van der Waals surface area contributed by atoms with Gasteiger partial charge in [0, 0.05) is 55.1 Å². The van der Waals surface area contributed by atoms with Crippen LogP contribution < -0.4 is 4.90 Å². The topological polar surface area (TPSA) is 75.1 Å². The molecule has 0 N–H and O–H groups in total. The van der Waals surface area contributed by atoms with Gasteiger partial charge in [0.2, 0.25) is 0 Å². The minimum atomic E-state index is 0.0114. The number of rotatable bonds is 5. The van der Waals surface area contributed by atoms with Gasteiger partial charge in [0.25, 0.3) is 0 Å². The van der Waals surface area contributed by atoms with Crippen molar-refractivity contribution in [3.8, 4) is 11.3 Å². The van der Waals surface area contributed by atoms with Crippen LogP contribution in [0.1, 0.15) is 16.1 Å². The Hall–Kier alpha value is -3.71. The molecular weight excluding hydrogens is 400 g/mol. The van der Waals surface area contributed by atoms with Gasteiger partial charge in [0.05, 0.1) is 23.3 Å². The molecule has 0 saturated carbocycles. The molecule has 7 heteroatoms. The zero-order chi connectivity index (χ0) is 21.9. The third-order valence-corrected chi connectivity index (χ3v) is 5.83. The molecular formula is C25H24N6O. The minimum absolute atomic E-state index is 0.0114. The van der Waals surface area contributed by atoms with Crippen molar-refractivity contribution >= 4 is 22.5 Å². The highest BCUT2D eigenvalue weighted by molar-refractivity contribution is 5.98. The molecule has 1 aliphatic heterocycles. The first kappa shape index (κ1) is 20.2. The summed E-state index contributed by atoms with van der Waals surface area (Å²) in [6.45, 7) is 3.81. The summed E-state index contributed by atoms with van der Waals surface area (Å²) >= 11 is 0. The number of hydrogen-bond donors (Lipinski definition) is 0. The molecule has 1 fully saturated rings. The molecule has 1 aliphatic rings. The van der Waals surface area contributed by atoms with E-state index in [4.69, 9.17) is 0 Å². The largest absolute Gasteiger partial charge is 0.354 e. The number of fused-ring (bicyclic) bond motifs is 1. The van der Waals surface area contributed by atoms with Gasteiger partial charge in [-0.2, -0.15) is 10.2 Å². The van der Waals surface area contributed by atoms with Crippen molar-refractivity contribution < 1.29 is 4.79 Å². The average Bonchev–Trinajstić information content (AvgIpc) is 2.84. The summed E-state index contributed by atoms with van der Waals surface area (Å²) in [5.41, 5.74) is 4.00. The maximum Gasteiger partial charge on any atom is 0.169 e. The van der Waals surface area contributed by atoms with E-state index < -0.39 is 0 Å². The fourth-order valence-electron chi connectivity index (χ4n) is 3.93. The van der Waals surface area contributed by atoms with Gasteiger partial charge in [-0.15, -0.1) is 0 Å². The highest BCUT2D eigenvalue weighted by Crippen LogP contribution is 2.22. The SMILES string of the molecule is CN1CCN(c2cc(C(=O)Cc3cc4cc(-c5ccccn5)ccc4nn3)ccn2)CC1. The number of likely N-dealkylation sites (N-methyl/N-ethyl adjacent to an activating group) is 1.